The smallest absolute Gasteiger partial charge is 0.360 e. The Kier molecular flexibility index (Phi) is 3.75. The number of ether oxygens (including phenoxy) is 1. The monoisotopic (exact) mass is 314 g/mol. The maximum absolute atomic E-state index is 11.9. The zero-order valence-corrected chi connectivity index (χ0v) is 12.5. The van der Waals surface area contributed by atoms with Crippen molar-refractivity contribution < 1.29 is 14.7 Å². The van der Waals surface area contributed by atoms with E-state index in [4.69, 9.17) is 4.74 Å². The molecule has 9 heteroatoms. The average Bonchev–Trinajstić information content (AvgIpc) is 3.16. The van der Waals surface area contributed by atoms with Gasteiger partial charge in [-0.05, 0) is 25.1 Å². The van der Waals surface area contributed by atoms with Gasteiger partial charge in [0.2, 0.25) is 5.82 Å². The molecule has 0 aliphatic rings. The molecule has 1 aromatic carbocycles. The summed E-state index contributed by atoms with van der Waals surface area (Å²) in [7, 11) is 0. The number of aromatic amines is 1. The molecule has 0 aliphatic heterocycles. The van der Waals surface area contributed by atoms with Crippen LogP contribution in [-0.2, 0) is 4.74 Å². The molecule has 0 bridgehead atoms. The quantitative estimate of drug-likeness (QED) is 0.552. The Morgan fingerprint density at radius 2 is 2.17 bits per heavy atom. The molecule has 0 unspecified atom stereocenters. The highest BCUT2D eigenvalue weighted by molar-refractivity contribution is 5.89. The molecule has 0 fully saturated rings. The van der Waals surface area contributed by atoms with Crippen molar-refractivity contribution in [1.29, 1.82) is 0 Å². The van der Waals surface area contributed by atoms with Crippen molar-refractivity contribution in [2.75, 3.05) is 6.61 Å². The number of H-pyrrole nitrogens is 1. The fourth-order valence-electron chi connectivity index (χ4n) is 2.22. The van der Waals surface area contributed by atoms with E-state index in [2.05, 4.69) is 25.6 Å². The summed E-state index contributed by atoms with van der Waals surface area (Å²) >= 11 is 0. The third kappa shape index (κ3) is 2.63. The number of rotatable bonds is 4. The van der Waals surface area contributed by atoms with E-state index in [1.165, 1.54) is 0 Å². The molecule has 118 valence electrons. The van der Waals surface area contributed by atoms with Crippen LogP contribution in [0.4, 0.5) is 0 Å². The summed E-state index contributed by atoms with van der Waals surface area (Å²) in [5.74, 6) is 0.0294. The molecule has 23 heavy (non-hydrogen) atoms. The highest BCUT2D eigenvalue weighted by atomic mass is 16.5. The highest BCUT2D eigenvalue weighted by Gasteiger charge is 2.22. The fraction of sp³-hybridized carbons (Fsp3) is 0.214. The largest absolute Gasteiger partial charge is 0.461 e. The van der Waals surface area contributed by atoms with Crippen molar-refractivity contribution in [3.05, 3.63) is 35.7 Å². The Bertz CT molecular complexity index is 840. The standard InChI is InChI=1S/C14H14N6O3/c1-3-23-14(21)11-8(2)15-13(20(11)22)10-6-4-5-9(7-10)12-16-18-19-17-12/h4-7,22H,3H2,1-2H3,(H,16,17,18,19). The van der Waals surface area contributed by atoms with Crippen molar-refractivity contribution >= 4 is 5.97 Å². The van der Waals surface area contributed by atoms with E-state index in [0.717, 1.165) is 4.73 Å². The van der Waals surface area contributed by atoms with E-state index in [9.17, 15) is 10.0 Å². The van der Waals surface area contributed by atoms with Gasteiger partial charge in [-0.25, -0.2) is 9.78 Å². The van der Waals surface area contributed by atoms with Crippen LogP contribution in [0.5, 0.6) is 0 Å². The number of imidazole rings is 1. The number of benzene rings is 1. The molecule has 0 aliphatic carbocycles. The van der Waals surface area contributed by atoms with Crippen LogP contribution in [0.25, 0.3) is 22.8 Å². The second-order valence-corrected chi connectivity index (χ2v) is 4.72. The van der Waals surface area contributed by atoms with E-state index in [1.807, 2.05) is 0 Å². The number of aryl methyl sites for hydroxylation is 1. The van der Waals surface area contributed by atoms with Gasteiger partial charge in [-0.15, -0.1) is 10.2 Å². The lowest BCUT2D eigenvalue weighted by Gasteiger charge is -2.05. The normalized spacial score (nSPS) is 10.7. The van der Waals surface area contributed by atoms with E-state index in [-0.39, 0.29) is 18.1 Å². The van der Waals surface area contributed by atoms with Crippen LogP contribution in [-0.4, -0.2) is 48.1 Å². The lowest BCUT2D eigenvalue weighted by atomic mass is 10.1. The van der Waals surface area contributed by atoms with E-state index in [1.54, 1.807) is 38.1 Å². The molecule has 2 aromatic heterocycles. The summed E-state index contributed by atoms with van der Waals surface area (Å²) < 4.78 is 5.67. The van der Waals surface area contributed by atoms with Gasteiger partial charge in [0.15, 0.2) is 11.5 Å². The van der Waals surface area contributed by atoms with Crippen LogP contribution in [0.2, 0.25) is 0 Å². The van der Waals surface area contributed by atoms with Crippen LogP contribution >= 0.6 is 0 Å². The molecule has 2 heterocycles. The fourth-order valence-corrected chi connectivity index (χ4v) is 2.22. The van der Waals surface area contributed by atoms with Gasteiger partial charge < -0.3 is 9.94 Å². The van der Waals surface area contributed by atoms with Gasteiger partial charge in [-0.3, -0.25) is 0 Å². The maximum Gasteiger partial charge on any atom is 0.360 e. The molecule has 0 radical (unpaired) electrons. The molecule has 3 rings (SSSR count). The minimum absolute atomic E-state index is 0.00631. The predicted octanol–water partition coefficient (Wildman–Crippen LogP) is 1.45. The lowest BCUT2D eigenvalue weighted by Crippen LogP contribution is -2.12. The van der Waals surface area contributed by atoms with Crippen molar-refractivity contribution in [1.82, 2.24) is 30.3 Å². The van der Waals surface area contributed by atoms with E-state index < -0.39 is 5.97 Å². The zero-order valence-electron chi connectivity index (χ0n) is 12.5. The molecule has 0 saturated heterocycles. The number of hydrogen-bond acceptors (Lipinski definition) is 7. The van der Waals surface area contributed by atoms with Gasteiger partial charge in [-0.2, -0.15) is 9.94 Å². The molecule has 0 spiro atoms. The molecular weight excluding hydrogens is 300 g/mol. The Morgan fingerprint density at radius 3 is 2.87 bits per heavy atom. The van der Waals surface area contributed by atoms with Crippen molar-refractivity contribution in [3.8, 4) is 22.8 Å². The Morgan fingerprint density at radius 1 is 1.39 bits per heavy atom. The first-order chi connectivity index (χ1) is 11.1. The first-order valence-corrected chi connectivity index (χ1v) is 6.91. The minimum atomic E-state index is -0.624. The first-order valence-electron chi connectivity index (χ1n) is 6.91. The van der Waals surface area contributed by atoms with Gasteiger partial charge in [0, 0.05) is 11.1 Å². The summed E-state index contributed by atoms with van der Waals surface area (Å²) in [4.78, 5) is 16.2. The number of carbonyl (C=O) groups excluding carboxylic acids is 1. The number of esters is 1. The number of nitrogens with one attached hydrogen (secondary N) is 1. The predicted molar refractivity (Wildman–Crippen MR) is 78.7 cm³/mol. The van der Waals surface area contributed by atoms with Gasteiger partial charge in [-0.1, -0.05) is 18.2 Å². The number of hydrogen-bond donors (Lipinski definition) is 2. The van der Waals surface area contributed by atoms with Gasteiger partial charge >= 0.3 is 5.97 Å². The molecule has 2 N–H and O–H groups in total. The number of tetrazole rings is 1. The number of carbonyl (C=O) groups is 1. The Hall–Kier alpha value is -3.23. The van der Waals surface area contributed by atoms with Crippen LogP contribution in [0.1, 0.15) is 23.1 Å². The van der Waals surface area contributed by atoms with Gasteiger partial charge in [0.25, 0.3) is 0 Å². The second kappa shape index (κ2) is 5.87. The zero-order chi connectivity index (χ0) is 16.4. The van der Waals surface area contributed by atoms with Gasteiger partial charge in [0.1, 0.15) is 0 Å². The minimum Gasteiger partial charge on any atom is -0.461 e. The molecule has 3 aromatic rings. The lowest BCUT2D eigenvalue weighted by molar-refractivity contribution is 0.0476. The number of nitrogens with zero attached hydrogens (tertiary/aromatic N) is 5. The first kappa shape index (κ1) is 14.7. The van der Waals surface area contributed by atoms with Crippen molar-refractivity contribution in [3.63, 3.8) is 0 Å². The molecule has 9 nitrogen and oxygen atoms in total. The molecular formula is C14H14N6O3. The number of aromatic nitrogens is 6. The summed E-state index contributed by atoms with van der Waals surface area (Å²) in [5, 5.41) is 24.0. The van der Waals surface area contributed by atoms with Crippen LogP contribution < -0.4 is 0 Å². The van der Waals surface area contributed by atoms with Crippen molar-refractivity contribution in [2.45, 2.75) is 13.8 Å². The molecule has 0 amide bonds. The van der Waals surface area contributed by atoms with Crippen LogP contribution in [0, 0.1) is 6.92 Å². The molecule has 0 saturated carbocycles. The Balaban J connectivity index is 2.05. The second-order valence-electron chi connectivity index (χ2n) is 4.72. The van der Waals surface area contributed by atoms with Gasteiger partial charge in [0.05, 0.1) is 12.3 Å². The summed E-state index contributed by atoms with van der Waals surface area (Å²) in [6.07, 6.45) is 0. The summed E-state index contributed by atoms with van der Waals surface area (Å²) in [5.41, 5.74) is 1.70. The Labute approximate surface area is 130 Å². The summed E-state index contributed by atoms with van der Waals surface area (Å²) in [6, 6.07) is 7.08. The topological polar surface area (TPSA) is 119 Å². The van der Waals surface area contributed by atoms with E-state index >= 15 is 0 Å². The van der Waals surface area contributed by atoms with Crippen molar-refractivity contribution in [2.24, 2.45) is 0 Å². The van der Waals surface area contributed by atoms with E-state index in [0.29, 0.717) is 22.6 Å². The SMILES string of the molecule is CCOC(=O)c1c(C)nc(-c2cccc(-c3nn[nH]n3)c2)n1O. The highest BCUT2D eigenvalue weighted by Crippen LogP contribution is 2.25. The third-order valence-electron chi connectivity index (χ3n) is 3.22. The third-order valence-corrected chi connectivity index (χ3v) is 3.22. The van der Waals surface area contributed by atoms with Crippen LogP contribution in [0.3, 0.4) is 0 Å². The maximum atomic E-state index is 11.9. The average molecular weight is 314 g/mol. The summed E-state index contributed by atoms with van der Waals surface area (Å²) in [6.45, 7) is 3.54. The van der Waals surface area contributed by atoms with Crippen LogP contribution in [0.15, 0.2) is 24.3 Å². The molecule has 0 atom stereocenters.